The maximum Gasteiger partial charge on any atom is 0.341 e. The molecule has 1 N–H and O–H groups in total. The van der Waals surface area contributed by atoms with E-state index in [9.17, 15) is 9.59 Å². The van der Waals surface area contributed by atoms with Crippen LogP contribution in [0.2, 0.25) is 0 Å². The number of cyclic esters (lactones) is 1. The molecule has 0 fully saturated rings. The van der Waals surface area contributed by atoms with Crippen molar-refractivity contribution in [3.8, 4) is 0 Å². The van der Waals surface area contributed by atoms with E-state index in [4.69, 9.17) is 9.84 Å². The largest absolute Gasteiger partial charge is 0.481 e. The highest BCUT2D eigenvalue weighted by atomic mass is 32.2. The Labute approximate surface area is 95.8 Å². The number of thioether (sulfide) groups is 1. The van der Waals surface area contributed by atoms with Crippen LogP contribution in [0.3, 0.4) is 0 Å². The lowest BCUT2D eigenvalue weighted by Gasteiger charge is -2.04. The Morgan fingerprint density at radius 3 is 3.12 bits per heavy atom. The first-order valence-electron chi connectivity index (χ1n) is 4.60. The molecule has 84 valence electrons. The molecule has 0 saturated carbocycles. The third kappa shape index (κ3) is 2.01. The van der Waals surface area contributed by atoms with E-state index in [2.05, 4.69) is 4.98 Å². The van der Waals surface area contributed by atoms with E-state index < -0.39 is 11.9 Å². The number of aromatic nitrogens is 1. The van der Waals surface area contributed by atoms with E-state index in [1.165, 1.54) is 0 Å². The molecule has 0 aromatic carbocycles. The van der Waals surface area contributed by atoms with Crippen molar-refractivity contribution < 1.29 is 19.4 Å². The molecule has 0 bridgehead atoms. The molecule has 0 atom stereocenters. The van der Waals surface area contributed by atoms with Gasteiger partial charge in [-0.15, -0.1) is 0 Å². The lowest BCUT2D eigenvalue weighted by molar-refractivity contribution is -0.133. The van der Waals surface area contributed by atoms with Gasteiger partial charge in [-0.25, -0.2) is 9.78 Å². The van der Waals surface area contributed by atoms with Gasteiger partial charge in [0.15, 0.2) is 0 Å². The van der Waals surface area contributed by atoms with Crippen LogP contribution in [-0.2, 0) is 16.1 Å². The summed E-state index contributed by atoms with van der Waals surface area (Å²) < 4.78 is 4.89. The number of rotatable bonds is 3. The normalized spacial score (nSPS) is 13.4. The highest BCUT2D eigenvalue weighted by Crippen LogP contribution is 2.29. The Bertz CT molecular complexity index is 472. The first kappa shape index (κ1) is 10.9. The number of aryl methyl sites for hydroxylation is 1. The highest BCUT2D eigenvalue weighted by molar-refractivity contribution is 8.00. The molecule has 0 saturated heterocycles. The Hall–Kier alpha value is -1.56. The third-order valence-electron chi connectivity index (χ3n) is 2.09. The van der Waals surface area contributed by atoms with Crippen molar-refractivity contribution >= 4 is 23.7 Å². The molecule has 1 aliphatic heterocycles. The number of nitrogens with zero attached hydrogens (tertiary/aromatic N) is 1. The van der Waals surface area contributed by atoms with E-state index in [1.54, 1.807) is 13.0 Å². The van der Waals surface area contributed by atoms with E-state index in [-0.39, 0.29) is 12.4 Å². The van der Waals surface area contributed by atoms with Crippen molar-refractivity contribution in [3.05, 3.63) is 22.9 Å². The summed E-state index contributed by atoms with van der Waals surface area (Å²) >= 11 is 1.04. The molecule has 2 heterocycles. The van der Waals surface area contributed by atoms with E-state index >= 15 is 0 Å². The number of ether oxygens (including phenoxy) is 1. The fourth-order valence-corrected chi connectivity index (χ4v) is 2.32. The molecule has 0 aliphatic carbocycles. The van der Waals surface area contributed by atoms with Crippen molar-refractivity contribution in [1.29, 1.82) is 0 Å². The molecule has 0 radical (unpaired) electrons. The van der Waals surface area contributed by atoms with Gasteiger partial charge in [-0.3, -0.25) is 4.79 Å². The van der Waals surface area contributed by atoms with Crippen LogP contribution in [0.25, 0.3) is 0 Å². The standard InChI is InChI=1S/C10H9NO4S/c1-5-2-6-3-15-10(14)8(6)9(11-5)16-4-7(12)13/h2H,3-4H2,1H3,(H,12,13). The first-order valence-corrected chi connectivity index (χ1v) is 5.58. The average Bonchev–Trinajstić information content (AvgIpc) is 2.56. The summed E-state index contributed by atoms with van der Waals surface area (Å²) in [5.41, 5.74) is 1.95. The van der Waals surface area contributed by atoms with E-state index in [0.29, 0.717) is 10.6 Å². The summed E-state index contributed by atoms with van der Waals surface area (Å²) in [7, 11) is 0. The van der Waals surface area contributed by atoms with Gasteiger partial charge in [0, 0.05) is 11.3 Å². The number of carboxylic acids is 1. The molecule has 1 aliphatic rings. The lowest BCUT2D eigenvalue weighted by atomic mass is 10.1. The number of carboxylic acid groups (broad SMARTS) is 1. The average molecular weight is 239 g/mol. The molecule has 2 rings (SSSR count). The van der Waals surface area contributed by atoms with Crippen LogP contribution in [0, 0.1) is 6.92 Å². The third-order valence-corrected chi connectivity index (χ3v) is 3.05. The second kappa shape index (κ2) is 4.13. The predicted octanol–water partition coefficient (Wildman–Crippen LogP) is 1.24. The van der Waals surface area contributed by atoms with Crippen LogP contribution < -0.4 is 0 Å². The maximum atomic E-state index is 11.4. The van der Waals surface area contributed by atoms with Crippen molar-refractivity contribution in [2.24, 2.45) is 0 Å². The molecule has 1 aromatic heterocycles. The number of carbonyl (C=O) groups excluding carboxylic acids is 1. The fourth-order valence-electron chi connectivity index (χ4n) is 1.49. The van der Waals surface area contributed by atoms with Crippen molar-refractivity contribution in [2.45, 2.75) is 18.6 Å². The molecular weight excluding hydrogens is 230 g/mol. The summed E-state index contributed by atoms with van der Waals surface area (Å²) in [6, 6.07) is 1.78. The number of fused-ring (bicyclic) bond motifs is 1. The fraction of sp³-hybridized carbons (Fsp3) is 0.300. The molecule has 0 unspecified atom stereocenters. The minimum absolute atomic E-state index is 0.115. The summed E-state index contributed by atoms with van der Waals surface area (Å²) in [6.45, 7) is 2.05. The van der Waals surface area contributed by atoms with Gasteiger partial charge < -0.3 is 9.84 Å². The van der Waals surface area contributed by atoms with Gasteiger partial charge in [-0.1, -0.05) is 11.8 Å². The van der Waals surface area contributed by atoms with Gasteiger partial charge in [0.1, 0.15) is 11.6 Å². The molecule has 5 nitrogen and oxygen atoms in total. The SMILES string of the molecule is Cc1cc2c(c(SCC(=O)O)n1)C(=O)OC2. The highest BCUT2D eigenvalue weighted by Gasteiger charge is 2.26. The monoisotopic (exact) mass is 239 g/mol. The van der Waals surface area contributed by atoms with Gasteiger partial charge in [0.25, 0.3) is 0 Å². The Morgan fingerprint density at radius 1 is 1.69 bits per heavy atom. The first-order chi connectivity index (χ1) is 7.58. The summed E-state index contributed by atoms with van der Waals surface area (Å²) in [5.74, 6) is -1.47. The number of hydrogen-bond donors (Lipinski definition) is 1. The van der Waals surface area contributed by atoms with Crippen LogP contribution in [0.1, 0.15) is 21.6 Å². The number of aliphatic carboxylic acids is 1. The molecule has 0 amide bonds. The predicted molar refractivity (Wildman–Crippen MR) is 56.5 cm³/mol. The van der Waals surface area contributed by atoms with Gasteiger partial charge in [-0.2, -0.15) is 0 Å². The van der Waals surface area contributed by atoms with Gasteiger partial charge >= 0.3 is 11.9 Å². The smallest absolute Gasteiger partial charge is 0.341 e. The van der Waals surface area contributed by atoms with Crippen LogP contribution in [0.15, 0.2) is 11.1 Å². The zero-order valence-corrected chi connectivity index (χ0v) is 9.34. The molecule has 1 aromatic rings. The zero-order chi connectivity index (χ0) is 11.7. The zero-order valence-electron chi connectivity index (χ0n) is 8.52. The Balaban J connectivity index is 2.36. The van der Waals surface area contributed by atoms with Gasteiger partial charge in [0.2, 0.25) is 0 Å². The second-order valence-corrected chi connectivity index (χ2v) is 4.33. The van der Waals surface area contributed by atoms with Gasteiger partial charge in [0.05, 0.1) is 11.3 Å². The van der Waals surface area contributed by atoms with Crippen LogP contribution >= 0.6 is 11.8 Å². The van der Waals surface area contributed by atoms with Crippen molar-refractivity contribution in [1.82, 2.24) is 4.98 Å². The van der Waals surface area contributed by atoms with Gasteiger partial charge in [-0.05, 0) is 13.0 Å². The summed E-state index contributed by atoms with van der Waals surface area (Å²) in [4.78, 5) is 26.1. The van der Waals surface area contributed by atoms with Crippen LogP contribution in [0.5, 0.6) is 0 Å². The number of pyridine rings is 1. The topological polar surface area (TPSA) is 76.5 Å². The number of esters is 1. The Morgan fingerprint density at radius 2 is 2.44 bits per heavy atom. The van der Waals surface area contributed by atoms with Crippen molar-refractivity contribution in [2.75, 3.05) is 5.75 Å². The molecule has 16 heavy (non-hydrogen) atoms. The number of carbonyl (C=O) groups is 2. The van der Waals surface area contributed by atoms with Crippen LogP contribution in [-0.4, -0.2) is 27.8 Å². The minimum Gasteiger partial charge on any atom is -0.481 e. The lowest BCUT2D eigenvalue weighted by Crippen LogP contribution is -2.03. The maximum absolute atomic E-state index is 11.4. The molecule has 6 heteroatoms. The van der Waals surface area contributed by atoms with Crippen molar-refractivity contribution in [3.63, 3.8) is 0 Å². The molecular formula is C10H9NO4S. The Kier molecular flexibility index (Phi) is 2.82. The number of hydrogen-bond acceptors (Lipinski definition) is 5. The second-order valence-electron chi connectivity index (χ2n) is 3.36. The van der Waals surface area contributed by atoms with E-state index in [1.807, 2.05) is 0 Å². The van der Waals surface area contributed by atoms with Crippen LogP contribution in [0.4, 0.5) is 0 Å². The summed E-state index contributed by atoms with van der Waals surface area (Å²) in [6.07, 6.45) is 0. The van der Waals surface area contributed by atoms with E-state index in [0.717, 1.165) is 23.0 Å². The summed E-state index contributed by atoms with van der Waals surface area (Å²) in [5, 5.41) is 9.04. The quantitative estimate of drug-likeness (QED) is 0.631. The minimum atomic E-state index is -0.937. The molecule has 0 spiro atoms.